The molecule has 2 aromatic carbocycles. The predicted molar refractivity (Wildman–Crippen MR) is 109 cm³/mol. The van der Waals surface area contributed by atoms with Crippen molar-refractivity contribution in [3.8, 4) is 5.69 Å². The van der Waals surface area contributed by atoms with E-state index in [0.29, 0.717) is 17.3 Å². The number of benzene rings is 2. The van der Waals surface area contributed by atoms with Crippen LogP contribution < -0.4 is 5.32 Å². The largest absolute Gasteiger partial charge is 0.320 e. The van der Waals surface area contributed by atoms with Gasteiger partial charge in [0.05, 0.1) is 11.4 Å². The molecule has 0 aliphatic rings. The molecule has 1 amide bonds. The van der Waals surface area contributed by atoms with Crippen LogP contribution in [0.2, 0.25) is 0 Å². The normalized spacial score (nSPS) is 11.1. The van der Waals surface area contributed by atoms with E-state index in [0.717, 1.165) is 28.1 Å². The summed E-state index contributed by atoms with van der Waals surface area (Å²) in [5, 5.41) is 12.0. The number of nitrogens with one attached hydrogen (secondary N) is 1. The summed E-state index contributed by atoms with van der Waals surface area (Å²) < 4.78 is 0. The van der Waals surface area contributed by atoms with E-state index in [-0.39, 0.29) is 5.91 Å². The number of aromatic nitrogens is 3. The Bertz CT molecular complexity index is 1000. The smallest absolute Gasteiger partial charge is 0.278 e. The second kappa shape index (κ2) is 7.35. The van der Waals surface area contributed by atoms with Gasteiger partial charge >= 0.3 is 0 Å². The second-order valence-corrected chi connectivity index (χ2v) is 7.36. The lowest BCUT2D eigenvalue weighted by molar-refractivity contribution is 0.102. The van der Waals surface area contributed by atoms with Gasteiger partial charge < -0.3 is 5.32 Å². The molecular formula is C22H26N4O. The Hall–Kier alpha value is -2.95. The summed E-state index contributed by atoms with van der Waals surface area (Å²) in [6.07, 6.45) is 0. The first kappa shape index (κ1) is 18.8. The summed E-state index contributed by atoms with van der Waals surface area (Å²) in [6.45, 7) is 12.1. The van der Waals surface area contributed by atoms with Crippen LogP contribution in [0.1, 0.15) is 58.2 Å². The van der Waals surface area contributed by atoms with Gasteiger partial charge in [0.15, 0.2) is 5.69 Å². The average Bonchev–Trinajstić information content (AvgIpc) is 2.98. The molecule has 0 bridgehead atoms. The molecule has 1 aromatic heterocycles. The van der Waals surface area contributed by atoms with Crippen LogP contribution in [0, 0.1) is 27.7 Å². The minimum absolute atomic E-state index is 0.236. The molecular weight excluding hydrogens is 336 g/mol. The molecule has 0 unspecified atom stereocenters. The van der Waals surface area contributed by atoms with E-state index in [1.807, 2.05) is 58.0 Å². The molecule has 140 valence electrons. The van der Waals surface area contributed by atoms with Crippen LogP contribution in [0.15, 0.2) is 36.4 Å². The van der Waals surface area contributed by atoms with E-state index >= 15 is 0 Å². The Kier molecular flexibility index (Phi) is 5.13. The predicted octanol–water partition coefficient (Wildman–Crippen LogP) is 4.88. The second-order valence-electron chi connectivity index (χ2n) is 7.36. The Morgan fingerprint density at radius 3 is 2.41 bits per heavy atom. The lowest BCUT2D eigenvalue weighted by Crippen LogP contribution is -2.16. The lowest BCUT2D eigenvalue weighted by atomic mass is 9.98. The quantitative estimate of drug-likeness (QED) is 0.720. The lowest BCUT2D eigenvalue weighted by Gasteiger charge is -2.15. The van der Waals surface area contributed by atoms with Gasteiger partial charge in [-0.3, -0.25) is 4.79 Å². The number of carbonyl (C=O) groups is 1. The molecule has 0 radical (unpaired) electrons. The fourth-order valence-electron chi connectivity index (χ4n) is 3.24. The van der Waals surface area contributed by atoms with E-state index in [2.05, 4.69) is 35.4 Å². The molecule has 0 aliphatic heterocycles. The van der Waals surface area contributed by atoms with Crippen molar-refractivity contribution < 1.29 is 4.79 Å². The van der Waals surface area contributed by atoms with Crippen LogP contribution in [0.5, 0.6) is 0 Å². The SMILES string of the molecule is Cc1ccc(-n2nc(C)c(C(=O)Nc3c(C)cccc3C(C)C)n2)c(C)c1. The first-order chi connectivity index (χ1) is 12.8. The highest BCUT2D eigenvalue weighted by Gasteiger charge is 2.19. The van der Waals surface area contributed by atoms with Crippen molar-refractivity contribution in [2.75, 3.05) is 5.32 Å². The van der Waals surface area contributed by atoms with Crippen LogP contribution in [0.25, 0.3) is 5.69 Å². The third kappa shape index (κ3) is 3.77. The van der Waals surface area contributed by atoms with Gasteiger partial charge in [-0.25, -0.2) is 0 Å². The van der Waals surface area contributed by atoms with Crippen molar-refractivity contribution in [3.63, 3.8) is 0 Å². The number of aryl methyl sites for hydroxylation is 4. The van der Waals surface area contributed by atoms with Crippen LogP contribution in [-0.4, -0.2) is 20.9 Å². The molecule has 5 heteroatoms. The number of rotatable bonds is 4. The van der Waals surface area contributed by atoms with Crippen molar-refractivity contribution in [1.29, 1.82) is 0 Å². The van der Waals surface area contributed by atoms with Gasteiger partial charge in [-0.2, -0.15) is 9.90 Å². The first-order valence-corrected chi connectivity index (χ1v) is 9.20. The van der Waals surface area contributed by atoms with Gasteiger partial charge in [-0.05, 0) is 56.4 Å². The number of anilines is 1. The maximum Gasteiger partial charge on any atom is 0.278 e. The van der Waals surface area contributed by atoms with Crippen molar-refractivity contribution in [3.05, 3.63) is 70.0 Å². The molecule has 27 heavy (non-hydrogen) atoms. The fourth-order valence-corrected chi connectivity index (χ4v) is 3.24. The minimum atomic E-state index is -0.236. The molecule has 1 heterocycles. The third-order valence-electron chi connectivity index (χ3n) is 4.73. The van der Waals surface area contributed by atoms with Gasteiger partial charge in [0.2, 0.25) is 0 Å². The van der Waals surface area contributed by atoms with Gasteiger partial charge in [0.1, 0.15) is 0 Å². The maximum absolute atomic E-state index is 12.9. The minimum Gasteiger partial charge on any atom is -0.320 e. The third-order valence-corrected chi connectivity index (χ3v) is 4.73. The summed E-state index contributed by atoms with van der Waals surface area (Å²) in [7, 11) is 0. The van der Waals surface area contributed by atoms with E-state index < -0.39 is 0 Å². The number of amides is 1. The molecule has 0 saturated heterocycles. The average molecular weight is 362 g/mol. The molecule has 0 atom stereocenters. The molecule has 5 nitrogen and oxygen atoms in total. The molecule has 0 aliphatic carbocycles. The van der Waals surface area contributed by atoms with E-state index in [1.165, 1.54) is 5.56 Å². The maximum atomic E-state index is 12.9. The zero-order chi connectivity index (χ0) is 19.7. The summed E-state index contributed by atoms with van der Waals surface area (Å²) in [6, 6.07) is 12.1. The van der Waals surface area contributed by atoms with Crippen LogP contribution in [-0.2, 0) is 0 Å². The van der Waals surface area contributed by atoms with Gasteiger partial charge in [0, 0.05) is 5.69 Å². The standard InChI is InChI=1S/C22H26N4O/c1-13(2)18-9-7-8-15(4)20(18)23-22(27)21-17(6)24-26(25-21)19-11-10-14(3)12-16(19)5/h7-13H,1-6H3,(H,23,27). The van der Waals surface area contributed by atoms with Crippen molar-refractivity contribution in [2.45, 2.75) is 47.5 Å². The van der Waals surface area contributed by atoms with Crippen LogP contribution in [0.3, 0.4) is 0 Å². The van der Waals surface area contributed by atoms with Crippen molar-refractivity contribution in [1.82, 2.24) is 15.0 Å². The number of hydrogen-bond donors (Lipinski definition) is 1. The topological polar surface area (TPSA) is 59.8 Å². The monoisotopic (exact) mass is 362 g/mol. The number of para-hydroxylation sites is 1. The Labute approximate surface area is 160 Å². The highest BCUT2D eigenvalue weighted by Crippen LogP contribution is 2.28. The molecule has 0 fully saturated rings. The Balaban J connectivity index is 1.95. The molecule has 1 N–H and O–H groups in total. The fraction of sp³-hybridized carbons (Fsp3) is 0.318. The van der Waals surface area contributed by atoms with Gasteiger partial charge in [-0.15, -0.1) is 5.10 Å². The molecule has 3 aromatic rings. The van der Waals surface area contributed by atoms with Gasteiger partial charge in [-0.1, -0.05) is 49.7 Å². The summed E-state index contributed by atoms with van der Waals surface area (Å²) in [5.74, 6) is 0.0758. The highest BCUT2D eigenvalue weighted by atomic mass is 16.2. The number of carbonyl (C=O) groups excluding carboxylic acids is 1. The first-order valence-electron chi connectivity index (χ1n) is 9.20. The number of hydrogen-bond acceptors (Lipinski definition) is 3. The van der Waals surface area contributed by atoms with Crippen molar-refractivity contribution >= 4 is 11.6 Å². The van der Waals surface area contributed by atoms with Crippen LogP contribution in [0.4, 0.5) is 5.69 Å². The Morgan fingerprint density at radius 1 is 1.00 bits per heavy atom. The molecule has 0 spiro atoms. The summed E-state index contributed by atoms with van der Waals surface area (Å²) in [5.41, 5.74) is 7.08. The molecule has 0 saturated carbocycles. The molecule has 3 rings (SSSR count). The Morgan fingerprint density at radius 2 is 1.74 bits per heavy atom. The summed E-state index contributed by atoms with van der Waals surface area (Å²) >= 11 is 0. The van der Waals surface area contributed by atoms with Crippen LogP contribution >= 0.6 is 0 Å². The van der Waals surface area contributed by atoms with Gasteiger partial charge in [0.25, 0.3) is 5.91 Å². The van der Waals surface area contributed by atoms with E-state index in [4.69, 9.17) is 0 Å². The van der Waals surface area contributed by atoms with E-state index in [1.54, 1.807) is 4.80 Å². The summed E-state index contributed by atoms with van der Waals surface area (Å²) in [4.78, 5) is 14.5. The zero-order valence-corrected chi connectivity index (χ0v) is 16.8. The zero-order valence-electron chi connectivity index (χ0n) is 16.8. The van der Waals surface area contributed by atoms with Crippen molar-refractivity contribution in [2.24, 2.45) is 0 Å². The highest BCUT2D eigenvalue weighted by molar-refractivity contribution is 6.04. The van der Waals surface area contributed by atoms with E-state index in [9.17, 15) is 4.79 Å². The number of nitrogens with zero attached hydrogens (tertiary/aromatic N) is 3.